The number of rotatable bonds is 2. The number of hydrogen-bond acceptors (Lipinski definition) is 1. The van der Waals surface area contributed by atoms with Crippen LogP contribution in [0.2, 0.25) is 0 Å². The molecule has 0 heterocycles. The van der Waals surface area contributed by atoms with Crippen molar-refractivity contribution in [3.8, 4) is 0 Å². The van der Waals surface area contributed by atoms with E-state index >= 15 is 0 Å². The Bertz CT molecular complexity index is 455. The maximum absolute atomic E-state index is 6.24. The predicted molar refractivity (Wildman–Crippen MR) is 79.9 cm³/mol. The number of nitrogen functional groups attached to an aromatic ring is 1. The Morgan fingerprint density at radius 3 is 2.05 bits per heavy atom. The van der Waals surface area contributed by atoms with Gasteiger partial charge in [-0.2, -0.15) is 0 Å². The van der Waals surface area contributed by atoms with Crippen molar-refractivity contribution in [3.05, 3.63) is 29.8 Å². The highest BCUT2D eigenvalue weighted by atomic mass is 14.6. The first-order valence-corrected chi connectivity index (χ1v) is 8.01. The second-order valence-electron chi connectivity index (χ2n) is 7.63. The molecule has 102 valence electrons. The van der Waals surface area contributed by atoms with Gasteiger partial charge in [-0.1, -0.05) is 25.1 Å². The summed E-state index contributed by atoms with van der Waals surface area (Å²) in [5.74, 6) is 3.72. The predicted octanol–water partition coefficient (Wildman–Crippen LogP) is 4.59. The molecule has 1 nitrogen and oxygen atoms in total. The van der Waals surface area contributed by atoms with Crippen LogP contribution in [0.5, 0.6) is 0 Å². The van der Waals surface area contributed by atoms with Crippen molar-refractivity contribution < 1.29 is 0 Å². The van der Waals surface area contributed by atoms with E-state index in [1.807, 2.05) is 0 Å². The molecule has 4 aliphatic carbocycles. The number of nitrogens with two attached hydrogens (primary N) is 1. The van der Waals surface area contributed by atoms with Gasteiger partial charge in [0.05, 0.1) is 0 Å². The lowest BCUT2D eigenvalue weighted by Gasteiger charge is -2.59. The average Bonchev–Trinajstić information content (AvgIpc) is 2.37. The molecule has 5 rings (SSSR count). The third kappa shape index (κ3) is 1.74. The quantitative estimate of drug-likeness (QED) is 0.769. The number of hydrogen-bond donors (Lipinski definition) is 1. The lowest BCUT2D eigenvalue weighted by atomic mass is 9.46. The molecule has 1 aromatic carbocycles. The van der Waals surface area contributed by atoms with Crippen molar-refractivity contribution >= 4 is 5.69 Å². The van der Waals surface area contributed by atoms with Gasteiger partial charge in [-0.25, -0.2) is 0 Å². The van der Waals surface area contributed by atoms with Crippen LogP contribution >= 0.6 is 0 Å². The van der Waals surface area contributed by atoms with Gasteiger partial charge in [-0.3, -0.25) is 0 Å². The zero-order valence-electron chi connectivity index (χ0n) is 11.9. The van der Waals surface area contributed by atoms with E-state index in [1.54, 1.807) is 0 Å². The Labute approximate surface area is 116 Å². The van der Waals surface area contributed by atoms with E-state index < -0.39 is 0 Å². The SMILES string of the molecule is CC(c1ccccc1N)C12CC3CC(CC(C3)C1)C2. The van der Waals surface area contributed by atoms with Crippen LogP contribution < -0.4 is 5.73 Å². The van der Waals surface area contributed by atoms with Crippen LogP contribution in [0.25, 0.3) is 0 Å². The highest BCUT2D eigenvalue weighted by Crippen LogP contribution is 2.64. The van der Waals surface area contributed by atoms with Gasteiger partial charge in [0.1, 0.15) is 0 Å². The van der Waals surface area contributed by atoms with Crippen LogP contribution in [0.15, 0.2) is 24.3 Å². The topological polar surface area (TPSA) is 26.0 Å². The van der Waals surface area contributed by atoms with Crippen LogP contribution in [0.4, 0.5) is 5.69 Å². The molecule has 0 amide bonds. The zero-order valence-corrected chi connectivity index (χ0v) is 11.9. The van der Waals surface area contributed by atoms with Gasteiger partial charge in [-0.15, -0.1) is 0 Å². The molecule has 0 aromatic heterocycles. The van der Waals surface area contributed by atoms with E-state index in [0.717, 1.165) is 23.4 Å². The van der Waals surface area contributed by atoms with Crippen molar-refractivity contribution in [2.75, 3.05) is 5.73 Å². The molecule has 4 fully saturated rings. The van der Waals surface area contributed by atoms with Gasteiger partial charge < -0.3 is 5.73 Å². The standard InChI is InChI=1S/C18H25N/c1-12(16-4-2-3-5-17(16)19)18-9-13-6-14(10-18)8-15(7-13)11-18/h2-5,12-15H,6-11,19H2,1H3. The molecule has 2 N–H and O–H groups in total. The molecular formula is C18H25N. The first-order chi connectivity index (χ1) is 9.16. The first kappa shape index (κ1) is 11.8. The van der Waals surface area contributed by atoms with Crippen LogP contribution in [0, 0.1) is 23.2 Å². The molecule has 4 bridgehead atoms. The number of benzene rings is 1. The van der Waals surface area contributed by atoms with Gasteiger partial charge in [0, 0.05) is 5.69 Å². The highest BCUT2D eigenvalue weighted by Gasteiger charge is 2.53. The lowest BCUT2D eigenvalue weighted by molar-refractivity contribution is -0.0654. The normalized spacial score (nSPS) is 41.4. The Kier molecular flexibility index (Phi) is 2.49. The second kappa shape index (κ2) is 4.01. The molecule has 19 heavy (non-hydrogen) atoms. The first-order valence-electron chi connectivity index (χ1n) is 8.01. The van der Waals surface area contributed by atoms with Gasteiger partial charge in [0.25, 0.3) is 0 Å². The fraction of sp³-hybridized carbons (Fsp3) is 0.667. The van der Waals surface area contributed by atoms with Crippen molar-refractivity contribution in [2.24, 2.45) is 23.2 Å². The Morgan fingerprint density at radius 2 is 1.53 bits per heavy atom. The monoisotopic (exact) mass is 255 g/mol. The molecule has 1 atom stereocenters. The summed E-state index contributed by atoms with van der Waals surface area (Å²) in [5.41, 5.74) is 9.23. The maximum Gasteiger partial charge on any atom is 0.0349 e. The van der Waals surface area contributed by atoms with E-state index in [0.29, 0.717) is 11.3 Å². The van der Waals surface area contributed by atoms with E-state index in [1.165, 1.54) is 44.1 Å². The molecule has 0 spiro atoms. The van der Waals surface area contributed by atoms with Crippen LogP contribution in [-0.4, -0.2) is 0 Å². The summed E-state index contributed by atoms with van der Waals surface area (Å²) in [6.45, 7) is 2.44. The van der Waals surface area contributed by atoms with Gasteiger partial charge in [0.2, 0.25) is 0 Å². The summed E-state index contributed by atoms with van der Waals surface area (Å²) in [7, 11) is 0. The third-order valence-electron chi connectivity index (χ3n) is 6.47. The third-order valence-corrected chi connectivity index (χ3v) is 6.47. The molecule has 0 saturated heterocycles. The van der Waals surface area contributed by atoms with E-state index in [9.17, 15) is 0 Å². The van der Waals surface area contributed by atoms with E-state index in [-0.39, 0.29) is 0 Å². The average molecular weight is 255 g/mol. The number of para-hydroxylation sites is 1. The fourth-order valence-electron chi connectivity index (χ4n) is 5.94. The van der Waals surface area contributed by atoms with Crippen LogP contribution in [-0.2, 0) is 0 Å². The van der Waals surface area contributed by atoms with Crippen LogP contribution in [0.3, 0.4) is 0 Å². The van der Waals surface area contributed by atoms with Crippen molar-refractivity contribution in [1.29, 1.82) is 0 Å². The Balaban J connectivity index is 1.70. The van der Waals surface area contributed by atoms with Crippen molar-refractivity contribution in [3.63, 3.8) is 0 Å². The highest BCUT2D eigenvalue weighted by molar-refractivity contribution is 5.49. The molecule has 1 unspecified atom stereocenters. The van der Waals surface area contributed by atoms with E-state index in [2.05, 4.69) is 31.2 Å². The van der Waals surface area contributed by atoms with Gasteiger partial charge in [0.15, 0.2) is 0 Å². The van der Waals surface area contributed by atoms with Crippen molar-refractivity contribution in [1.82, 2.24) is 0 Å². The van der Waals surface area contributed by atoms with Gasteiger partial charge in [-0.05, 0) is 79.2 Å². The summed E-state index contributed by atoms with van der Waals surface area (Å²) < 4.78 is 0. The minimum atomic E-state index is 0.574. The summed E-state index contributed by atoms with van der Waals surface area (Å²) in [6, 6.07) is 8.55. The molecule has 0 radical (unpaired) electrons. The summed E-state index contributed by atoms with van der Waals surface area (Å²) in [4.78, 5) is 0. The minimum Gasteiger partial charge on any atom is -0.398 e. The minimum absolute atomic E-state index is 0.574. The molecule has 1 heteroatoms. The van der Waals surface area contributed by atoms with E-state index in [4.69, 9.17) is 5.73 Å². The molecule has 0 aliphatic heterocycles. The van der Waals surface area contributed by atoms with Gasteiger partial charge >= 0.3 is 0 Å². The molecule has 4 saturated carbocycles. The zero-order chi connectivity index (χ0) is 13.0. The summed E-state index contributed by atoms with van der Waals surface area (Å²) in [6.07, 6.45) is 8.97. The lowest BCUT2D eigenvalue weighted by Crippen LogP contribution is -2.48. The smallest absolute Gasteiger partial charge is 0.0349 e. The number of anilines is 1. The second-order valence-corrected chi connectivity index (χ2v) is 7.63. The molecular weight excluding hydrogens is 230 g/mol. The largest absolute Gasteiger partial charge is 0.398 e. The van der Waals surface area contributed by atoms with Crippen molar-refractivity contribution in [2.45, 2.75) is 51.4 Å². The Hall–Kier alpha value is -0.980. The molecule has 1 aromatic rings. The fourth-order valence-corrected chi connectivity index (χ4v) is 5.94. The summed E-state index contributed by atoms with van der Waals surface area (Å²) in [5, 5.41) is 0. The maximum atomic E-state index is 6.24. The molecule has 4 aliphatic rings. The van der Waals surface area contributed by atoms with Crippen LogP contribution in [0.1, 0.15) is 56.9 Å². The summed E-state index contributed by atoms with van der Waals surface area (Å²) >= 11 is 0. The Morgan fingerprint density at radius 1 is 1.00 bits per heavy atom.